The van der Waals surface area contributed by atoms with E-state index >= 15 is 0 Å². The van der Waals surface area contributed by atoms with Crippen molar-refractivity contribution in [3.8, 4) is 0 Å². The average molecular weight is 394 g/mol. The van der Waals surface area contributed by atoms with E-state index in [1.807, 2.05) is 11.4 Å². The number of rotatable bonds is 7. The summed E-state index contributed by atoms with van der Waals surface area (Å²) in [6, 6.07) is 10.1. The molecule has 2 heterocycles. The summed E-state index contributed by atoms with van der Waals surface area (Å²) >= 11 is 1.65. The van der Waals surface area contributed by atoms with Crippen molar-refractivity contribution in [1.82, 2.24) is 14.9 Å². The summed E-state index contributed by atoms with van der Waals surface area (Å²) in [7, 11) is -2.09. The quantitative estimate of drug-likeness (QED) is 0.756. The fraction of sp³-hybridized carbons (Fsp3) is 0.389. The molecule has 1 aliphatic rings. The largest absolute Gasteiger partial charge is 0.355 e. The van der Waals surface area contributed by atoms with Crippen molar-refractivity contribution in [2.45, 2.75) is 23.8 Å². The molecule has 140 valence electrons. The standard InChI is InChI=1S/C18H23N3O3S2/c1-19-18(22)14-6-8-15(9-7-14)26(23,24)20-13-16(17-5-4-12-25-17)21-10-2-3-11-21/h4-9,12,16,20H,2-3,10-11,13H2,1H3,(H,19,22). The van der Waals surface area contributed by atoms with Crippen molar-refractivity contribution in [3.05, 3.63) is 52.2 Å². The molecule has 1 unspecified atom stereocenters. The summed E-state index contributed by atoms with van der Waals surface area (Å²) in [5.41, 5.74) is 0.431. The molecule has 0 radical (unpaired) electrons. The predicted molar refractivity (Wildman–Crippen MR) is 103 cm³/mol. The average Bonchev–Trinajstić information content (AvgIpc) is 3.36. The van der Waals surface area contributed by atoms with Gasteiger partial charge in [-0.15, -0.1) is 11.3 Å². The lowest BCUT2D eigenvalue weighted by atomic mass is 10.2. The molecule has 2 N–H and O–H groups in total. The third-order valence-electron chi connectivity index (χ3n) is 4.57. The molecule has 3 rings (SSSR count). The first-order chi connectivity index (χ1) is 12.5. The Bertz CT molecular complexity index is 827. The molecule has 6 nitrogen and oxygen atoms in total. The lowest BCUT2D eigenvalue weighted by molar-refractivity contribution is 0.0963. The Kier molecular flexibility index (Phi) is 6.08. The van der Waals surface area contributed by atoms with E-state index in [9.17, 15) is 13.2 Å². The molecule has 0 aliphatic carbocycles. The van der Waals surface area contributed by atoms with Gasteiger partial charge in [0.05, 0.1) is 10.9 Å². The molecule has 0 spiro atoms. The fourth-order valence-corrected chi connectivity index (χ4v) is 5.04. The number of thiophene rings is 1. The summed E-state index contributed by atoms with van der Waals surface area (Å²) in [4.78, 5) is 15.3. The van der Waals surface area contributed by atoms with E-state index in [-0.39, 0.29) is 16.8 Å². The van der Waals surface area contributed by atoms with E-state index in [1.54, 1.807) is 11.3 Å². The van der Waals surface area contributed by atoms with Gasteiger partial charge in [-0.1, -0.05) is 6.07 Å². The summed E-state index contributed by atoms with van der Waals surface area (Å²) in [5, 5.41) is 4.54. The van der Waals surface area contributed by atoms with Crippen molar-refractivity contribution in [3.63, 3.8) is 0 Å². The van der Waals surface area contributed by atoms with E-state index in [2.05, 4.69) is 21.0 Å². The maximum atomic E-state index is 12.6. The number of nitrogens with zero attached hydrogens (tertiary/aromatic N) is 1. The highest BCUT2D eigenvalue weighted by Crippen LogP contribution is 2.28. The normalized spacial score (nSPS) is 16.5. The Balaban J connectivity index is 1.72. The Hall–Kier alpha value is -1.74. The van der Waals surface area contributed by atoms with Crippen LogP contribution in [0.3, 0.4) is 0 Å². The van der Waals surface area contributed by atoms with Crippen LogP contribution in [0.1, 0.15) is 34.1 Å². The molecule has 1 aliphatic heterocycles. The Morgan fingerprint density at radius 3 is 2.46 bits per heavy atom. The first kappa shape index (κ1) is 19.0. The molecular formula is C18H23N3O3S2. The second-order valence-corrected chi connectivity index (χ2v) is 8.98. The van der Waals surface area contributed by atoms with Crippen molar-refractivity contribution in [2.75, 3.05) is 26.7 Å². The molecule has 1 aromatic carbocycles. The van der Waals surface area contributed by atoms with Gasteiger partial charge >= 0.3 is 0 Å². The molecular weight excluding hydrogens is 370 g/mol. The molecule has 1 amide bonds. The molecule has 1 aromatic heterocycles. The van der Waals surface area contributed by atoms with Gasteiger partial charge in [0.15, 0.2) is 0 Å². The summed E-state index contributed by atoms with van der Waals surface area (Å²) in [6.45, 7) is 2.32. The van der Waals surface area contributed by atoms with Crippen LogP contribution in [0, 0.1) is 0 Å². The zero-order valence-corrected chi connectivity index (χ0v) is 16.3. The number of hydrogen-bond acceptors (Lipinski definition) is 5. The van der Waals surface area contributed by atoms with Crippen LogP contribution in [-0.4, -0.2) is 45.9 Å². The van der Waals surface area contributed by atoms with Gasteiger partial charge in [0, 0.05) is 24.0 Å². The topological polar surface area (TPSA) is 78.5 Å². The minimum Gasteiger partial charge on any atom is -0.355 e. The van der Waals surface area contributed by atoms with Gasteiger partial charge in [0.25, 0.3) is 5.91 Å². The van der Waals surface area contributed by atoms with E-state index in [4.69, 9.17) is 0 Å². The molecule has 0 bridgehead atoms. The van der Waals surface area contributed by atoms with E-state index in [0.29, 0.717) is 12.1 Å². The predicted octanol–water partition coefficient (Wildman–Crippen LogP) is 2.22. The number of nitrogens with one attached hydrogen (secondary N) is 2. The molecule has 8 heteroatoms. The minimum absolute atomic E-state index is 0.0532. The Labute approximate surface area is 158 Å². The third kappa shape index (κ3) is 4.32. The van der Waals surface area contributed by atoms with Gasteiger partial charge in [-0.3, -0.25) is 9.69 Å². The smallest absolute Gasteiger partial charge is 0.251 e. The number of sulfonamides is 1. The van der Waals surface area contributed by atoms with E-state index in [1.165, 1.54) is 36.2 Å². The molecule has 1 fully saturated rings. The van der Waals surface area contributed by atoms with Crippen LogP contribution in [0.25, 0.3) is 0 Å². The van der Waals surface area contributed by atoms with Crippen LogP contribution in [0.2, 0.25) is 0 Å². The number of benzene rings is 1. The zero-order chi connectivity index (χ0) is 18.6. The number of carbonyl (C=O) groups is 1. The molecule has 0 saturated carbocycles. The fourth-order valence-electron chi connectivity index (χ4n) is 3.15. The number of amides is 1. The zero-order valence-electron chi connectivity index (χ0n) is 14.6. The van der Waals surface area contributed by atoms with E-state index < -0.39 is 10.0 Å². The highest BCUT2D eigenvalue weighted by molar-refractivity contribution is 7.89. The van der Waals surface area contributed by atoms with Crippen LogP contribution in [-0.2, 0) is 10.0 Å². The van der Waals surface area contributed by atoms with Crippen molar-refractivity contribution < 1.29 is 13.2 Å². The van der Waals surface area contributed by atoms with Gasteiger partial charge in [0.2, 0.25) is 10.0 Å². The first-order valence-electron chi connectivity index (χ1n) is 8.60. The van der Waals surface area contributed by atoms with Crippen molar-refractivity contribution in [2.24, 2.45) is 0 Å². The SMILES string of the molecule is CNC(=O)c1ccc(S(=O)(=O)NCC(c2cccs2)N2CCCC2)cc1. The van der Waals surface area contributed by atoms with E-state index in [0.717, 1.165) is 25.9 Å². The van der Waals surface area contributed by atoms with Gasteiger partial charge in [0.1, 0.15) is 0 Å². The van der Waals surface area contributed by atoms with Gasteiger partial charge < -0.3 is 5.32 Å². The Morgan fingerprint density at radius 2 is 1.88 bits per heavy atom. The second kappa shape index (κ2) is 8.30. The lowest BCUT2D eigenvalue weighted by Gasteiger charge is -2.26. The molecule has 26 heavy (non-hydrogen) atoms. The second-order valence-electron chi connectivity index (χ2n) is 6.23. The minimum atomic E-state index is -3.63. The highest BCUT2D eigenvalue weighted by atomic mass is 32.2. The molecule has 1 saturated heterocycles. The van der Waals surface area contributed by atoms with Crippen LogP contribution in [0.15, 0.2) is 46.7 Å². The molecule has 2 aromatic rings. The Morgan fingerprint density at radius 1 is 1.19 bits per heavy atom. The molecule has 1 atom stereocenters. The maximum absolute atomic E-state index is 12.6. The third-order valence-corrected chi connectivity index (χ3v) is 6.99. The van der Waals surface area contributed by atoms with Crippen molar-refractivity contribution in [1.29, 1.82) is 0 Å². The monoisotopic (exact) mass is 393 g/mol. The highest BCUT2D eigenvalue weighted by Gasteiger charge is 2.26. The van der Waals surface area contributed by atoms with Gasteiger partial charge in [-0.05, 0) is 61.6 Å². The lowest BCUT2D eigenvalue weighted by Crippen LogP contribution is -2.36. The van der Waals surface area contributed by atoms with Crippen LogP contribution < -0.4 is 10.0 Å². The van der Waals surface area contributed by atoms with Gasteiger partial charge in [-0.25, -0.2) is 13.1 Å². The summed E-state index contributed by atoms with van der Waals surface area (Å²) < 4.78 is 28.0. The van der Waals surface area contributed by atoms with Gasteiger partial charge in [-0.2, -0.15) is 0 Å². The number of likely N-dealkylation sites (tertiary alicyclic amines) is 1. The van der Waals surface area contributed by atoms with Crippen LogP contribution in [0.4, 0.5) is 0 Å². The van der Waals surface area contributed by atoms with Crippen LogP contribution in [0.5, 0.6) is 0 Å². The summed E-state index contributed by atoms with van der Waals surface area (Å²) in [5.74, 6) is -0.242. The maximum Gasteiger partial charge on any atom is 0.251 e. The van der Waals surface area contributed by atoms with Crippen LogP contribution >= 0.6 is 11.3 Å². The number of hydrogen-bond donors (Lipinski definition) is 2. The summed E-state index contributed by atoms with van der Waals surface area (Å²) in [6.07, 6.45) is 2.30. The first-order valence-corrected chi connectivity index (χ1v) is 11.0. The number of carbonyl (C=O) groups excluding carboxylic acids is 1. The van der Waals surface area contributed by atoms with Crippen molar-refractivity contribution >= 4 is 27.3 Å².